The molecule has 1 aliphatic carbocycles. The Morgan fingerprint density at radius 1 is 1.55 bits per heavy atom. The van der Waals surface area contributed by atoms with Crippen molar-refractivity contribution in [3.8, 4) is 5.75 Å². The van der Waals surface area contributed by atoms with Gasteiger partial charge in [-0.1, -0.05) is 0 Å². The highest BCUT2D eigenvalue weighted by Crippen LogP contribution is 2.26. The smallest absolute Gasteiger partial charge is 0.216 e. The van der Waals surface area contributed by atoms with Crippen LogP contribution in [0.2, 0.25) is 0 Å². The van der Waals surface area contributed by atoms with E-state index in [-0.39, 0.29) is 0 Å². The van der Waals surface area contributed by atoms with Crippen molar-refractivity contribution in [1.29, 1.82) is 0 Å². The van der Waals surface area contributed by atoms with E-state index in [0.717, 1.165) is 12.8 Å². The van der Waals surface area contributed by atoms with Gasteiger partial charge in [-0.05, 0) is 18.9 Å². The predicted octanol–water partition coefficient (Wildman–Crippen LogP) is 1.76. The minimum Gasteiger partial charge on any atom is -0.490 e. The Kier molecular flexibility index (Phi) is 1.49. The van der Waals surface area contributed by atoms with Crippen molar-refractivity contribution in [1.82, 2.24) is 4.98 Å². The Morgan fingerprint density at radius 3 is 3.00 bits per heavy atom. The summed E-state index contributed by atoms with van der Waals surface area (Å²) in [6, 6.07) is 2.97. The average molecular weight is 153 g/mol. The highest BCUT2D eigenvalue weighted by atomic mass is 19.1. The van der Waals surface area contributed by atoms with Crippen LogP contribution in [0.15, 0.2) is 18.3 Å². The van der Waals surface area contributed by atoms with Crippen LogP contribution in [0.25, 0.3) is 0 Å². The van der Waals surface area contributed by atoms with Crippen molar-refractivity contribution in [2.45, 2.75) is 18.9 Å². The number of hydrogen-bond donors (Lipinski definition) is 0. The number of nitrogens with zero attached hydrogens (tertiary/aromatic N) is 1. The third-order valence-corrected chi connectivity index (χ3v) is 1.53. The summed E-state index contributed by atoms with van der Waals surface area (Å²) in [5.74, 6) is 0.100. The molecule has 3 heteroatoms. The molecule has 1 aromatic heterocycles. The molecule has 0 bridgehead atoms. The third kappa shape index (κ3) is 1.67. The van der Waals surface area contributed by atoms with E-state index in [2.05, 4.69) is 4.98 Å². The molecular formula is C8H8FNO. The standard InChI is InChI=1S/C8H8FNO/c9-8-5-7(3-4-10-8)11-6-1-2-6/h3-6H,1-2H2. The number of rotatable bonds is 2. The zero-order valence-electron chi connectivity index (χ0n) is 5.96. The van der Waals surface area contributed by atoms with Gasteiger partial charge in [-0.3, -0.25) is 0 Å². The van der Waals surface area contributed by atoms with Crippen LogP contribution in [-0.2, 0) is 0 Å². The van der Waals surface area contributed by atoms with Gasteiger partial charge in [-0.2, -0.15) is 4.39 Å². The number of hydrogen-bond acceptors (Lipinski definition) is 2. The van der Waals surface area contributed by atoms with Crippen LogP contribution in [0.1, 0.15) is 12.8 Å². The Balaban J connectivity index is 2.10. The maximum atomic E-state index is 12.4. The second kappa shape index (κ2) is 2.49. The minimum absolute atomic E-state index is 0.316. The Labute approximate surface area is 64.0 Å². The fourth-order valence-electron chi connectivity index (χ4n) is 0.836. The molecule has 0 N–H and O–H groups in total. The van der Waals surface area contributed by atoms with E-state index >= 15 is 0 Å². The molecule has 58 valence electrons. The summed E-state index contributed by atoms with van der Waals surface area (Å²) in [5.41, 5.74) is 0. The molecule has 1 aliphatic rings. The van der Waals surface area contributed by atoms with Gasteiger partial charge >= 0.3 is 0 Å². The molecule has 11 heavy (non-hydrogen) atoms. The maximum Gasteiger partial charge on any atom is 0.216 e. The zero-order valence-corrected chi connectivity index (χ0v) is 5.96. The lowest BCUT2D eigenvalue weighted by molar-refractivity contribution is 0.301. The third-order valence-electron chi connectivity index (χ3n) is 1.53. The van der Waals surface area contributed by atoms with Crippen LogP contribution in [0, 0.1) is 5.95 Å². The first-order chi connectivity index (χ1) is 5.34. The van der Waals surface area contributed by atoms with E-state index in [4.69, 9.17) is 4.74 Å². The van der Waals surface area contributed by atoms with E-state index in [1.165, 1.54) is 12.3 Å². The number of pyridine rings is 1. The molecule has 1 fully saturated rings. The Hall–Kier alpha value is -1.12. The van der Waals surface area contributed by atoms with E-state index < -0.39 is 5.95 Å². The lowest BCUT2D eigenvalue weighted by atomic mass is 10.4. The molecule has 0 amide bonds. The van der Waals surface area contributed by atoms with Crippen molar-refractivity contribution < 1.29 is 9.13 Å². The first-order valence-electron chi connectivity index (χ1n) is 3.63. The summed E-state index contributed by atoms with van der Waals surface area (Å²) in [6.45, 7) is 0. The molecule has 0 unspecified atom stereocenters. The summed E-state index contributed by atoms with van der Waals surface area (Å²) >= 11 is 0. The van der Waals surface area contributed by atoms with Gasteiger partial charge in [0.25, 0.3) is 0 Å². The molecule has 0 spiro atoms. The quantitative estimate of drug-likeness (QED) is 0.604. The van der Waals surface area contributed by atoms with Gasteiger partial charge in [0.1, 0.15) is 5.75 Å². The summed E-state index contributed by atoms with van der Waals surface area (Å²) in [6.07, 6.45) is 3.90. The zero-order chi connectivity index (χ0) is 7.68. The van der Waals surface area contributed by atoms with Crippen LogP contribution in [0.5, 0.6) is 5.75 Å². The van der Waals surface area contributed by atoms with Gasteiger partial charge in [0.15, 0.2) is 0 Å². The Morgan fingerprint density at radius 2 is 2.36 bits per heavy atom. The highest BCUT2D eigenvalue weighted by molar-refractivity contribution is 5.18. The van der Waals surface area contributed by atoms with Crippen LogP contribution in [0.4, 0.5) is 4.39 Å². The van der Waals surface area contributed by atoms with Gasteiger partial charge in [0.2, 0.25) is 5.95 Å². The summed E-state index contributed by atoms with van der Waals surface area (Å²) in [7, 11) is 0. The molecule has 0 aliphatic heterocycles. The highest BCUT2D eigenvalue weighted by Gasteiger charge is 2.23. The minimum atomic E-state index is -0.483. The van der Waals surface area contributed by atoms with Crippen molar-refractivity contribution >= 4 is 0 Å². The molecule has 2 rings (SSSR count). The fraction of sp³-hybridized carbons (Fsp3) is 0.375. The van der Waals surface area contributed by atoms with Crippen molar-refractivity contribution in [3.05, 3.63) is 24.3 Å². The lowest BCUT2D eigenvalue weighted by Gasteiger charge is -2.01. The van der Waals surface area contributed by atoms with Gasteiger partial charge in [0, 0.05) is 12.3 Å². The first-order valence-corrected chi connectivity index (χ1v) is 3.63. The van der Waals surface area contributed by atoms with Gasteiger partial charge < -0.3 is 4.74 Å². The lowest BCUT2D eigenvalue weighted by Crippen LogP contribution is -1.96. The van der Waals surface area contributed by atoms with E-state index in [1.807, 2.05) is 0 Å². The van der Waals surface area contributed by atoms with E-state index in [9.17, 15) is 4.39 Å². The summed E-state index contributed by atoms with van der Waals surface area (Å²) in [5, 5.41) is 0. The van der Waals surface area contributed by atoms with Crippen LogP contribution in [-0.4, -0.2) is 11.1 Å². The molecule has 0 aromatic carbocycles. The van der Waals surface area contributed by atoms with Gasteiger partial charge in [0.05, 0.1) is 6.10 Å². The van der Waals surface area contributed by atoms with E-state index in [1.54, 1.807) is 6.07 Å². The molecule has 0 atom stereocenters. The molecule has 2 nitrogen and oxygen atoms in total. The largest absolute Gasteiger partial charge is 0.490 e. The maximum absolute atomic E-state index is 12.4. The van der Waals surface area contributed by atoms with Crippen LogP contribution in [0.3, 0.4) is 0 Å². The Bertz CT molecular complexity index is 260. The normalized spacial score (nSPS) is 16.5. The molecular weight excluding hydrogens is 145 g/mol. The average Bonchev–Trinajstić information content (AvgIpc) is 2.71. The second-order valence-electron chi connectivity index (χ2n) is 2.63. The van der Waals surface area contributed by atoms with Crippen molar-refractivity contribution in [3.63, 3.8) is 0 Å². The van der Waals surface area contributed by atoms with Crippen LogP contribution >= 0.6 is 0 Å². The SMILES string of the molecule is Fc1cc(OC2CC2)ccn1. The van der Waals surface area contributed by atoms with Crippen molar-refractivity contribution in [2.75, 3.05) is 0 Å². The predicted molar refractivity (Wildman–Crippen MR) is 37.8 cm³/mol. The monoisotopic (exact) mass is 153 g/mol. The number of ether oxygens (including phenoxy) is 1. The topological polar surface area (TPSA) is 22.1 Å². The van der Waals surface area contributed by atoms with Crippen LogP contribution < -0.4 is 4.74 Å². The van der Waals surface area contributed by atoms with Gasteiger partial charge in [-0.15, -0.1) is 0 Å². The van der Waals surface area contributed by atoms with E-state index in [0.29, 0.717) is 11.9 Å². The summed E-state index contributed by atoms with van der Waals surface area (Å²) in [4.78, 5) is 3.42. The first kappa shape index (κ1) is 6.58. The molecule has 0 saturated heterocycles. The number of aromatic nitrogens is 1. The molecule has 1 saturated carbocycles. The van der Waals surface area contributed by atoms with Gasteiger partial charge in [-0.25, -0.2) is 4.98 Å². The number of halogens is 1. The second-order valence-corrected chi connectivity index (χ2v) is 2.63. The van der Waals surface area contributed by atoms with Crippen molar-refractivity contribution in [2.24, 2.45) is 0 Å². The molecule has 1 heterocycles. The molecule has 1 aromatic rings. The fourth-order valence-corrected chi connectivity index (χ4v) is 0.836. The molecule has 0 radical (unpaired) electrons. The summed E-state index contributed by atoms with van der Waals surface area (Å²) < 4.78 is 17.8.